The van der Waals surface area contributed by atoms with Gasteiger partial charge < -0.3 is 28.1 Å². The van der Waals surface area contributed by atoms with Crippen molar-refractivity contribution < 1.29 is 37.7 Å². The van der Waals surface area contributed by atoms with Gasteiger partial charge in [-0.25, -0.2) is 9.59 Å². The van der Waals surface area contributed by atoms with Crippen molar-refractivity contribution in [2.24, 2.45) is 40.4 Å². The lowest BCUT2D eigenvalue weighted by Crippen LogP contribution is -2.54. The fraction of sp³-hybridized carbons (Fsp3) is 0.758. The van der Waals surface area contributed by atoms with Gasteiger partial charge in [-0.2, -0.15) is 0 Å². The molecule has 0 N–H and O–H groups in total. The summed E-state index contributed by atoms with van der Waals surface area (Å²) in [7, 11) is 2.56. The van der Waals surface area contributed by atoms with Crippen molar-refractivity contribution in [3.63, 3.8) is 0 Å². The highest BCUT2D eigenvalue weighted by molar-refractivity contribution is 6.70. The molecule has 9 atom stereocenters. The minimum absolute atomic E-state index is 0.183. The van der Waals surface area contributed by atoms with Crippen LogP contribution in [0.4, 0.5) is 9.59 Å². The highest BCUT2D eigenvalue weighted by Gasteiger charge is 2.60. The third kappa shape index (κ3) is 6.13. The third-order valence-corrected chi connectivity index (χ3v) is 11.8. The van der Waals surface area contributed by atoms with Crippen molar-refractivity contribution in [1.82, 2.24) is 0 Å². The van der Waals surface area contributed by atoms with E-state index in [2.05, 4.69) is 65.6 Å². The molecule has 0 saturated heterocycles. The van der Waals surface area contributed by atoms with E-state index in [1.807, 2.05) is 0 Å². The zero-order valence-corrected chi connectivity index (χ0v) is 28.3. The summed E-state index contributed by atoms with van der Waals surface area (Å²) in [5.41, 5.74) is 2.43. The standard InChI is InChI=1S/C33H52O8Si/c1-20(17-29(36-5)41-42(8,9)10)21(2)25-13-14-26-24-12-11-22-18-23(39-30(34)37-6)19-28(40-31(35)38-7)33(22,4)27(24)15-16-32(25,26)3/h11-12,17,20-21,23,25-28H,13-16,18-19H2,1-10H3/b29-17+/t20-,21-,23-,25-,26+,27+,28+,32-,33+/m1/s1. The molecule has 236 valence electrons. The lowest BCUT2D eigenvalue weighted by molar-refractivity contribution is -0.0832. The summed E-state index contributed by atoms with van der Waals surface area (Å²) >= 11 is 0. The van der Waals surface area contributed by atoms with E-state index in [1.54, 1.807) is 7.11 Å². The second-order valence-corrected chi connectivity index (χ2v) is 18.7. The molecule has 0 aromatic carbocycles. The van der Waals surface area contributed by atoms with Gasteiger partial charge in [-0.15, -0.1) is 0 Å². The van der Waals surface area contributed by atoms with Crippen molar-refractivity contribution in [2.75, 3.05) is 21.3 Å². The van der Waals surface area contributed by atoms with E-state index >= 15 is 0 Å². The molecule has 4 aliphatic rings. The van der Waals surface area contributed by atoms with Gasteiger partial charge in [-0.1, -0.05) is 51.0 Å². The minimum Gasteiger partial charge on any atom is -0.520 e. The van der Waals surface area contributed by atoms with E-state index in [0.717, 1.165) is 24.8 Å². The predicted molar refractivity (Wildman–Crippen MR) is 163 cm³/mol. The van der Waals surface area contributed by atoms with Crippen LogP contribution >= 0.6 is 0 Å². The van der Waals surface area contributed by atoms with E-state index in [4.69, 9.17) is 28.1 Å². The molecule has 0 heterocycles. The normalized spacial score (nSPS) is 35.7. The van der Waals surface area contributed by atoms with Crippen LogP contribution in [0.5, 0.6) is 0 Å². The van der Waals surface area contributed by atoms with Gasteiger partial charge in [0, 0.05) is 18.3 Å². The average molecular weight is 605 g/mol. The zero-order chi connectivity index (χ0) is 31.0. The monoisotopic (exact) mass is 604 g/mol. The quantitative estimate of drug-likeness (QED) is 0.156. The van der Waals surface area contributed by atoms with E-state index in [9.17, 15) is 9.59 Å². The number of fused-ring (bicyclic) bond motifs is 5. The van der Waals surface area contributed by atoms with Crippen molar-refractivity contribution in [3.8, 4) is 0 Å². The molecule has 4 rings (SSSR count). The number of ether oxygens (including phenoxy) is 5. The highest BCUT2D eigenvalue weighted by Crippen LogP contribution is 2.66. The molecule has 9 heteroatoms. The molecular weight excluding hydrogens is 552 g/mol. The Labute approximate surface area is 253 Å². The van der Waals surface area contributed by atoms with Crippen LogP contribution in [-0.2, 0) is 28.1 Å². The maximum Gasteiger partial charge on any atom is 0.508 e. The van der Waals surface area contributed by atoms with Crippen LogP contribution in [0, 0.1) is 40.4 Å². The summed E-state index contributed by atoms with van der Waals surface area (Å²) in [5.74, 6) is 2.74. The fourth-order valence-corrected chi connectivity index (χ4v) is 9.45. The number of methoxy groups -OCH3 is 3. The Hall–Kier alpha value is -2.42. The second kappa shape index (κ2) is 12.3. The summed E-state index contributed by atoms with van der Waals surface area (Å²) in [6, 6.07) is 0. The van der Waals surface area contributed by atoms with Crippen LogP contribution < -0.4 is 0 Å². The first-order chi connectivity index (χ1) is 19.7. The maximum atomic E-state index is 12.4. The molecule has 8 nitrogen and oxygen atoms in total. The molecule has 3 saturated carbocycles. The number of allylic oxidation sites excluding steroid dienone is 4. The fourth-order valence-electron chi connectivity index (χ4n) is 8.70. The molecule has 0 aromatic heterocycles. The van der Waals surface area contributed by atoms with Gasteiger partial charge in [-0.3, -0.25) is 0 Å². The van der Waals surface area contributed by atoms with Crippen LogP contribution in [0.25, 0.3) is 0 Å². The Balaban J connectivity index is 1.61. The molecule has 0 spiro atoms. The molecule has 0 unspecified atom stereocenters. The average Bonchev–Trinajstić information content (AvgIpc) is 3.28. The first-order valence-electron chi connectivity index (χ1n) is 15.5. The van der Waals surface area contributed by atoms with Gasteiger partial charge in [0.2, 0.25) is 8.32 Å². The predicted octanol–water partition coefficient (Wildman–Crippen LogP) is 8.01. The van der Waals surface area contributed by atoms with Crippen LogP contribution in [0.15, 0.2) is 35.3 Å². The number of carbonyl (C=O) groups is 2. The molecule has 0 bridgehead atoms. The Bertz CT molecular complexity index is 1120. The summed E-state index contributed by atoms with van der Waals surface area (Å²) in [5, 5.41) is 0. The van der Waals surface area contributed by atoms with Gasteiger partial charge >= 0.3 is 12.3 Å². The van der Waals surface area contributed by atoms with Crippen molar-refractivity contribution >= 4 is 20.6 Å². The Morgan fingerprint density at radius 2 is 1.60 bits per heavy atom. The van der Waals surface area contributed by atoms with Crippen molar-refractivity contribution in [1.29, 1.82) is 0 Å². The summed E-state index contributed by atoms with van der Waals surface area (Å²) in [6.45, 7) is 15.9. The maximum absolute atomic E-state index is 12.4. The summed E-state index contributed by atoms with van der Waals surface area (Å²) in [6.07, 6.45) is 9.88. The van der Waals surface area contributed by atoms with Crippen LogP contribution in [0.1, 0.15) is 66.2 Å². The van der Waals surface area contributed by atoms with E-state index in [0.29, 0.717) is 42.5 Å². The minimum atomic E-state index is -1.77. The largest absolute Gasteiger partial charge is 0.520 e. The van der Waals surface area contributed by atoms with E-state index < -0.39 is 38.3 Å². The SMILES string of the molecule is COC(=O)O[C@@H]1CC2=CC=C3[C@@H]4CC[C@H]([C@H](C)[C@H](C)/C=C(\OC)O[Si](C)(C)C)[C@@]4(C)CC[C@@H]3[C@@]2(C)[C@@H](OC(=O)OC)C1. The lowest BCUT2D eigenvalue weighted by atomic mass is 9.49. The van der Waals surface area contributed by atoms with E-state index in [-0.39, 0.29) is 11.3 Å². The van der Waals surface area contributed by atoms with Gasteiger partial charge in [-0.05, 0) is 86.4 Å². The Morgan fingerprint density at radius 3 is 2.21 bits per heavy atom. The van der Waals surface area contributed by atoms with Gasteiger partial charge in [0.15, 0.2) is 0 Å². The first-order valence-corrected chi connectivity index (χ1v) is 18.9. The number of hydrogen-bond acceptors (Lipinski definition) is 8. The molecule has 0 amide bonds. The Morgan fingerprint density at radius 1 is 0.929 bits per heavy atom. The van der Waals surface area contributed by atoms with Gasteiger partial charge in [0.25, 0.3) is 5.95 Å². The smallest absolute Gasteiger partial charge is 0.508 e. The van der Waals surface area contributed by atoms with Crippen LogP contribution in [0.3, 0.4) is 0 Å². The molecular formula is C33H52O8Si. The van der Waals surface area contributed by atoms with Crippen LogP contribution in [0.2, 0.25) is 19.6 Å². The molecule has 0 aliphatic heterocycles. The number of rotatable bonds is 8. The van der Waals surface area contributed by atoms with Crippen molar-refractivity contribution in [3.05, 3.63) is 35.3 Å². The number of hydrogen-bond donors (Lipinski definition) is 0. The Kier molecular flexibility index (Phi) is 9.51. The first kappa shape index (κ1) is 32.5. The zero-order valence-electron chi connectivity index (χ0n) is 27.3. The van der Waals surface area contributed by atoms with Gasteiger partial charge in [0.05, 0.1) is 21.3 Å². The van der Waals surface area contributed by atoms with Crippen LogP contribution in [-0.4, -0.2) is 54.2 Å². The molecule has 0 radical (unpaired) electrons. The third-order valence-electron chi connectivity index (χ3n) is 11.0. The summed E-state index contributed by atoms with van der Waals surface area (Å²) < 4.78 is 33.0. The van der Waals surface area contributed by atoms with E-state index in [1.165, 1.54) is 26.2 Å². The summed E-state index contributed by atoms with van der Waals surface area (Å²) in [4.78, 5) is 24.3. The molecule has 3 fully saturated rings. The lowest BCUT2D eigenvalue weighted by Gasteiger charge is -2.57. The van der Waals surface area contributed by atoms with Gasteiger partial charge in [0.1, 0.15) is 12.2 Å². The van der Waals surface area contributed by atoms with Crippen molar-refractivity contribution in [2.45, 2.75) is 98.1 Å². The molecule has 4 aliphatic carbocycles. The highest BCUT2D eigenvalue weighted by atomic mass is 28.4. The molecule has 42 heavy (non-hydrogen) atoms. The topological polar surface area (TPSA) is 89.5 Å². The number of carbonyl (C=O) groups excluding carboxylic acids is 2. The second-order valence-electron chi connectivity index (χ2n) is 14.3. The molecule has 0 aromatic rings.